The summed E-state index contributed by atoms with van der Waals surface area (Å²) < 4.78 is 26.2. The van der Waals surface area contributed by atoms with Crippen LogP contribution in [0.5, 0.6) is 0 Å². The maximum absolute atomic E-state index is 12.3. The summed E-state index contributed by atoms with van der Waals surface area (Å²) in [6.07, 6.45) is 3.60. The van der Waals surface area contributed by atoms with E-state index < -0.39 is 10.0 Å². The van der Waals surface area contributed by atoms with Gasteiger partial charge in [-0.15, -0.1) is 0 Å². The van der Waals surface area contributed by atoms with Crippen LogP contribution in [0.15, 0.2) is 17.3 Å². The van der Waals surface area contributed by atoms with Crippen molar-refractivity contribution in [1.82, 2.24) is 19.4 Å². The number of nitrogens with one attached hydrogen (secondary N) is 1. The Morgan fingerprint density at radius 3 is 2.60 bits per heavy atom. The lowest BCUT2D eigenvalue weighted by Crippen LogP contribution is -2.53. The second-order valence-electron chi connectivity index (χ2n) is 5.04. The van der Waals surface area contributed by atoms with Gasteiger partial charge in [0, 0.05) is 38.8 Å². The molecule has 1 saturated heterocycles. The topological polar surface area (TPSA) is 95.3 Å². The van der Waals surface area contributed by atoms with Crippen LogP contribution in [0.2, 0.25) is 0 Å². The number of aromatic nitrogens is 2. The Kier molecular flexibility index (Phi) is 5.14. The van der Waals surface area contributed by atoms with Crippen molar-refractivity contribution < 1.29 is 8.42 Å². The molecule has 0 amide bonds. The molecule has 0 saturated carbocycles. The lowest BCUT2D eigenvalue weighted by Gasteiger charge is -2.38. The van der Waals surface area contributed by atoms with Gasteiger partial charge in [-0.25, -0.2) is 8.42 Å². The van der Waals surface area contributed by atoms with E-state index in [0.717, 1.165) is 25.9 Å². The van der Waals surface area contributed by atoms with Gasteiger partial charge in [-0.1, -0.05) is 13.3 Å². The highest BCUT2D eigenvalue weighted by molar-refractivity contribution is 7.89. The Bertz CT molecular complexity index is 494. The number of nitrogens with zero attached hydrogens (tertiary/aromatic N) is 3. The second kappa shape index (κ2) is 6.66. The first-order valence-corrected chi connectivity index (χ1v) is 8.47. The summed E-state index contributed by atoms with van der Waals surface area (Å²) in [5.41, 5.74) is 5.80. The normalized spacial score (nSPS) is 20.1. The monoisotopic (exact) mass is 301 g/mol. The highest BCUT2D eigenvalue weighted by atomic mass is 32.2. The lowest BCUT2D eigenvalue weighted by molar-refractivity contribution is 0.133. The molecule has 3 N–H and O–H groups in total. The standard InChI is InChI=1S/C12H23N5O2S/c1-2-3-11(10-13)16-6-8-17(9-7-16)20(18,19)12-4-5-14-15-12/h4-5,11H,2-3,6-10,13H2,1H3,(H,14,15). The first kappa shape index (κ1) is 15.4. The lowest BCUT2D eigenvalue weighted by atomic mass is 10.1. The minimum absolute atomic E-state index is 0.162. The van der Waals surface area contributed by atoms with Crippen molar-refractivity contribution >= 4 is 10.0 Å². The predicted molar refractivity (Wildman–Crippen MR) is 76.7 cm³/mol. The highest BCUT2D eigenvalue weighted by Crippen LogP contribution is 2.17. The molecule has 2 rings (SSSR count). The third-order valence-electron chi connectivity index (χ3n) is 3.78. The number of nitrogens with two attached hydrogens (primary N) is 1. The molecule has 20 heavy (non-hydrogen) atoms. The van der Waals surface area contributed by atoms with Crippen molar-refractivity contribution in [3.8, 4) is 0 Å². The van der Waals surface area contributed by atoms with Crippen molar-refractivity contribution in [3.63, 3.8) is 0 Å². The zero-order valence-corrected chi connectivity index (χ0v) is 12.6. The van der Waals surface area contributed by atoms with E-state index in [2.05, 4.69) is 22.0 Å². The fourth-order valence-electron chi connectivity index (χ4n) is 2.62. The number of hydrogen-bond donors (Lipinski definition) is 2. The Hall–Kier alpha value is -0.960. The smallest absolute Gasteiger partial charge is 0.260 e. The average Bonchev–Trinajstić information content (AvgIpc) is 3.00. The van der Waals surface area contributed by atoms with Crippen LogP contribution in [0, 0.1) is 0 Å². The van der Waals surface area contributed by atoms with Crippen LogP contribution in [-0.4, -0.2) is 66.6 Å². The largest absolute Gasteiger partial charge is 0.329 e. The number of H-pyrrole nitrogens is 1. The zero-order valence-electron chi connectivity index (χ0n) is 11.8. The van der Waals surface area contributed by atoms with Gasteiger partial charge in [-0.05, 0) is 12.5 Å². The molecular formula is C12H23N5O2S. The molecule has 1 aromatic rings. The molecule has 1 aliphatic heterocycles. The van der Waals surface area contributed by atoms with Crippen LogP contribution in [-0.2, 0) is 10.0 Å². The van der Waals surface area contributed by atoms with E-state index in [0.29, 0.717) is 25.7 Å². The molecule has 0 radical (unpaired) electrons. The van der Waals surface area contributed by atoms with E-state index in [9.17, 15) is 8.42 Å². The van der Waals surface area contributed by atoms with E-state index in [1.807, 2.05) is 0 Å². The summed E-state index contributed by atoms with van der Waals surface area (Å²) in [4.78, 5) is 2.29. The molecule has 7 nitrogen and oxygen atoms in total. The van der Waals surface area contributed by atoms with Crippen LogP contribution in [0.3, 0.4) is 0 Å². The summed E-state index contributed by atoms with van der Waals surface area (Å²) in [6.45, 7) is 5.23. The van der Waals surface area contributed by atoms with E-state index in [1.165, 1.54) is 16.6 Å². The molecule has 1 atom stereocenters. The van der Waals surface area contributed by atoms with Gasteiger partial charge >= 0.3 is 0 Å². The minimum Gasteiger partial charge on any atom is -0.329 e. The Morgan fingerprint density at radius 1 is 1.40 bits per heavy atom. The van der Waals surface area contributed by atoms with Gasteiger partial charge in [0.1, 0.15) is 0 Å². The summed E-state index contributed by atoms with van der Waals surface area (Å²) >= 11 is 0. The van der Waals surface area contributed by atoms with Gasteiger partial charge < -0.3 is 5.73 Å². The van der Waals surface area contributed by atoms with Gasteiger partial charge in [-0.3, -0.25) is 10.00 Å². The van der Waals surface area contributed by atoms with E-state index >= 15 is 0 Å². The SMILES string of the molecule is CCCC(CN)N1CCN(S(=O)(=O)c2ccn[nH]2)CC1. The number of sulfonamides is 1. The molecule has 0 aromatic carbocycles. The highest BCUT2D eigenvalue weighted by Gasteiger charge is 2.31. The maximum atomic E-state index is 12.3. The van der Waals surface area contributed by atoms with Crippen LogP contribution >= 0.6 is 0 Å². The van der Waals surface area contributed by atoms with Gasteiger partial charge in [0.2, 0.25) is 0 Å². The van der Waals surface area contributed by atoms with Crippen molar-refractivity contribution in [2.45, 2.75) is 30.8 Å². The van der Waals surface area contributed by atoms with Gasteiger partial charge in [0.25, 0.3) is 10.0 Å². The molecule has 0 aliphatic carbocycles. The molecule has 1 aromatic heterocycles. The number of aromatic amines is 1. The van der Waals surface area contributed by atoms with E-state index in [1.54, 1.807) is 0 Å². The third-order valence-corrected chi connectivity index (χ3v) is 5.60. The Balaban J connectivity index is 1.98. The van der Waals surface area contributed by atoms with Crippen LogP contribution in [0.4, 0.5) is 0 Å². The van der Waals surface area contributed by atoms with Crippen molar-refractivity contribution in [2.75, 3.05) is 32.7 Å². The third kappa shape index (κ3) is 3.20. The van der Waals surface area contributed by atoms with Crippen molar-refractivity contribution in [3.05, 3.63) is 12.3 Å². The average molecular weight is 301 g/mol. The summed E-state index contributed by atoms with van der Waals surface area (Å²) in [5, 5.41) is 6.40. The van der Waals surface area contributed by atoms with Crippen LogP contribution in [0.25, 0.3) is 0 Å². The molecule has 8 heteroatoms. The molecule has 114 valence electrons. The fourth-order valence-corrected chi connectivity index (χ4v) is 3.94. The predicted octanol–water partition coefficient (Wildman–Crippen LogP) is -0.157. The molecule has 1 unspecified atom stereocenters. The molecule has 1 fully saturated rings. The van der Waals surface area contributed by atoms with Crippen molar-refractivity contribution in [1.29, 1.82) is 0 Å². The molecule has 0 bridgehead atoms. The number of hydrogen-bond acceptors (Lipinski definition) is 5. The number of piperazine rings is 1. The quantitative estimate of drug-likeness (QED) is 0.761. The van der Waals surface area contributed by atoms with Gasteiger partial charge in [0.05, 0.1) is 6.20 Å². The maximum Gasteiger partial charge on any atom is 0.260 e. The zero-order chi connectivity index (χ0) is 14.6. The van der Waals surface area contributed by atoms with Crippen molar-refractivity contribution in [2.24, 2.45) is 5.73 Å². The van der Waals surface area contributed by atoms with E-state index in [4.69, 9.17) is 5.73 Å². The Morgan fingerprint density at radius 2 is 2.10 bits per heavy atom. The first-order chi connectivity index (χ1) is 9.59. The summed E-state index contributed by atoms with van der Waals surface area (Å²) in [5.74, 6) is 0. The Labute approximate surface area is 120 Å². The van der Waals surface area contributed by atoms with E-state index in [-0.39, 0.29) is 5.03 Å². The summed E-state index contributed by atoms with van der Waals surface area (Å²) in [6, 6.07) is 1.85. The van der Waals surface area contributed by atoms with Gasteiger partial charge in [-0.2, -0.15) is 9.40 Å². The minimum atomic E-state index is -3.43. The molecule has 2 heterocycles. The first-order valence-electron chi connectivity index (χ1n) is 7.03. The van der Waals surface area contributed by atoms with Crippen LogP contribution in [0.1, 0.15) is 19.8 Å². The second-order valence-corrected chi connectivity index (χ2v) is 6.95. The molecular weight excluding hydrogens is 278 g/mol. The molecule has 1 aliphatic rings. The molecule has 0 spiro atoms. The van der Waals surface area contributed by atoms with Gasteiger partial charge in [0.15, 0.2) is 5.03 Å². The summed E-state index contributed by atoms with van der Waals surface area (Å²) in [7, 11) is -3.43. The number of rotatable bonds is 6. The van der Waals surface area contributed by atoms with Crippen LogP contribution < -0.4 is 5.73 Å². The fraction of sp³-hybridized carbons (Fsp3) is 0.750.